The van der Waals surface area contributed by atoms with Crippen molar-refractivity contribution in [3.63, 3.8) is 0 Å². The summed E-state index contributed by atoms with van der Waals surface area (Å²) in [6.45, 7) is 4.91. The number of nitrogens with zero attached hydrogens (tertiary/aromatic N) is 2. The molecule has 104 valence electrons. The van der Waals surface area contributed by atoms with Crippen molar-refractivity contribution in [1.82, 2.24) is 10.3 Å². The molecule has 0 unspecified atom stereocenters. The van der Waals surface area contributed by atoms with Crippen molar-refractivity contribution < 1.29 is 0 Å². The largest absolute Gasteiger partial charge is 0.346 e. The molecule has 0 aliphatic rings. The lowest BCUT2D eigenvalue weighted by atomic mass is 10.4. The molecule has 0 aromatic carbocycles. The van der Waals surface area contributed by atoms with Crippen molar-refractivity contribution in [2.45, 2.75) is 26.4 Å². The molecule has 19 heavy (non-hydrogen) atoms. The number of hydrogen-bond acceptors (Lipinski definition) is 5. The first-order valence-corrected chi connectivity index (χ1v) is 8.37. The molecule has 0 aliphatic carbocycles. The van der Waals surface area contributed by atoms with E-state index in [-0.39, 0.29) is 0 Å². The highest BCUT2D eigenvalue weighted by atomic mass is 35.5. The summed E-state index contributed by atoms with van der Waals surface area (Å²) < 4.78 is 0.840. The van der Waals surface area contributed by atoms with Gasteiger partial charge in [0.05, 0.1) is 16.6 Å². The standard InChI is InChI=1S/C13H18ClN3S2/c1-3-6-15-7-10-9-18-13(16-10)17(2)8-11-4-5-12(14)19-11/h4-5,9,15H,3,6-8H2,1-2H3. The highest BCUT2D eigenvalue weighted by Gasteiger charge is 2.08. The zero-order valence-electron chi connectivity index (χ0n) is 11.1. The van der Waals surface area contributed by atoms with Crippen LogP contribution in [-0.4, -0.2) is 18.6 Å². The lowest BCUT2D eigenvalue weighted by Gasteiger charge is -2.14. The minimum Gasteiger partial charge on any atom is -0.346 e. The highest BCUT2D eigenvalue weighted by Crippen LogP contribution is 2.26. The van der Waals surface area contributed by atoms with Crippen LogP contribution in [0.2, 0.25) is 4.34 Å². The molecule has 0 radical (unpaired) electrons. The Morgan fingerprint density at radius 3 is 2.95 bits per heavy atom. The second-order valence-electron chi connectivity index (χ2n) is 4.36. The number of thiazole rings is 1. The predicted octanol–water partition coefficient (Wildman–Crippen LogP) is 3.99. The van der Waals surface area contributed by atoms with Gasteiger partial charge in [-0.1, -0.05) is 18.5 Å². The third-order valence-corrected chi connectivity index (χ3v) is 4.84. The first-order valence-electron chi connectivity index (χ1n) is 6.29. The van der Waals surface area contributed by atoms with E-state index in [9.17, 15) is 0 Å². The third-order valence-electron chi connectivity index (χ3n) is 2.62. The smallest absolute Gasteiger partial charge is 0.185 e. The van der Waals surface area contributed by atoms with Crippen LogP contribution in [-0.2, 0) is 13.1 Å². The topological polar surface area (TPSA) is 28.2 Å². The quantitative estimate of drug-likeness (QED) is 0.783. The van der Waals surface area contributed by atoms with E-state index in [1.54, 1.807) is 22.7 Å². The molecule has 0 fully saturated rings. The van der Waals surface area contributed by atoms with Gasteiger partial charge in [-0.3, -0.25) is 0 Å². The third kappa shape index (κ3) is 4.45. The average Bonchev–Trinajstić information content (AvgIpc) is 2.99. The van der Waals surface area contributed by atoms with Gasteiger partial charge in [-0.2, -0.15) is 0 Å². The predicted molar refractivity (Wildman–Crippen MR) is 85.5 cm³/mol. The van der Waals surface area contributed by atoms with Gasteiger partial charge in [-0.05, 0) is 25.1 Å². The first-order chi connectivity index (χ1) is 9.19. The fourth-order valence-corrected chi connectivity index (χ4v) is 3.62. The van der Waals surface area contributed by atoms with Gasteiger partial charge < -0.3 is 10.2 Å². The van der Waals surface area contributed by atoms with Crippen molar-refractivity contribution in [1.29, 1.82) is 0 Å². The van der Waals surface area contributed by atoms with Gasteiger partial charge in [0.2, 0.25) is 0 Å². The van der Waals surface area contributed by atoms with Crippen LogP contribution < -0.4 is 10.2 Å². The van der Waals surface area contributed by atoms with Crippen LogP contribution in [0.5, 0.6) is 0 Å². The molecule has 0 atom stereocenters. The Labute approximate surface area is 127 Å². The second kappa shape index (κ2) is 7.24. The summed E-state index contributed by atoms with van der Waals surface area (Å²) >= 11 is 9.25. The fraction of sp³-hybridized carbons (Fsp3) is 0.462. The van der Waals surface area contributed by atoms with Crippen LogP contribution in [0, 0.1) is 0 Å². The minimum atomic E-state index is 0.840. The monoisotopic (exact) mass is 315 g/mol. The molecule has 0 spiro atoms. The van der Waals surface area contributed by atoms with Crippen molar-refractivity contribution in [2.24, 2.45) is 0 Å². The van der Waals surface area contributed by atoms with E-state index in [0.29, 0.717) is 0 Å². The molecule has 3 nitrogen and oxygen atoms in total. The number of thiophene rings is 1. The number of anilines is 1. The van der Waals surface area contributed by atoms with Crippen LogP contribution in [0.25, 0.3) is 0 Å². The van der Waals surface area contributed by atoms with Crippen molar-refractivity contribution in [3.8, 4) is 0 Å². The van der Waals surface area contributed by atoms with Gasteiger partial charge in [0, 0.05) is 23.8 Å². The van der Waals surface area contributed by atoms with Gasteiger partial charge >= 0.3 is 0 Å². The summed E-state index contributed by atoms with van der Waals surface area (Å²) in [4.78, 5) is 8.06. The normalized spacial score (nSPS) is 10.9. The molecule has 2 heterocycles. The summed E-state index contributed by atoms with van der Waals surface area (Å²) in [6, 6.07) is 4.01. The molecule has 2 aromatic rings. The Kier molecular flexibility index (Phi) is 5.63. The fourth-order valence-electron chi connectivity index (χ4n) is 1.68. The summed E-state index contributed by atoms with van der Waals surface area (Å²) in [5, 5.41) is 6.54. The van der Waals surface area contributed by atoms with Gasteiger partial charge in [-0.15, -0.1) is 22.7 Å². The van der Waals surface area contributed by atoms with Crippen LogP contribution >= 0.6 is 34.3 Å². The van der Waals surface area contributed by atoms with Crippen LogP contribution in [0.3, 0.4) is 0 Å². The zero-order chi connectivity index (χ0) is 13.7. The van der Waals surface area contributed by atoms with Gasteiger partial charge in [-0.25, -0.2) is 4.98 Å². The van der Waals surface area contributed by atoms with Gasteiger partial charge in [0.25, 0.3) is 0 Å². The molecule has 0 saturated carbocycles. The molecule has 0 saturated heterocycles. The van der Waals surface area contributed by atoms with E-state index < -0.39 is 0 Å². The number of aromatic nitrogens is 1. The Balaban J connectivity index is 1.90. The summed E-state index contributed by atoms with van der Waals surface area (Å²) in [5.41, 5.74) is 1.12. The molecule has 6 heteroatoms. The number of rotatable bonds is 7. The average molecular weight is 316 g/mol. The van der Waals surface area contributed by atoms with E-state index in [4.69, 9.17) is 11.6 Å². The molecule has 2 rings (SSSR count). The summed E-state index contributed by atoms with van der Waals surface area (Å²) in [7, 11) is 2.07. The Hall–Kier alpha value is -0.620. The maximum absolute atomic E-state index is 5.94. The first kappa shape index (κ1) is 14.8. The van der Waals surface area contributed by atoms with E-state index in [1.807, 2.05) is 6.07 Å². The lowest BCUT2D eigenvalue weighted by Crippen LogP contribution is -2.16. The van der Waals surface area contributed by atoms with E-state index in [1.165, 1.54) is 4.88 Å². The minimum absolute atomic E-state index is 0.840. The summed E-state index contributed by atoms with van der Waals surface area (Å²) in [5.74, 6) is 0. The van der Waals surface area contributed by atoms with Crippen LogP contribution in [0.1, 0.15) is 23.9 Å². The van der Waals surface area contributed by atoms with E-state index in [2.05, 4.69) is 40.6 Å². The molecule has 1 N–H and O–H groups in total. The number of hydrogen-bond donors (Lipinski definition) is 1. The van der Waals surface area contributed by atoms with Crippen LogP contribution in [0.4, 0.5) is 5.13 Å². The molecule has 2 aromatic heterocycles. The van der Waals surface area contributed by atoms with Crippen molar-refractivity contribution in [3.05, 3.63) is 32.4 Å². The van der Waals surface area contributed by atoms with Crippen molar-refractivity contribution in [2.75, 3.05) is 18.5 Å². The number of nitrogens with one attached hydrogen (secondary N) is 1. The van der Waals surface area contributed by atoms with Gasteiger partial charge in [0.1, 0.15) is 0 Å². The Bertz CT molecular complexity index is 509. The SMILES string of the molecule is CCCNCc1csc(N(C)Cc2ccc(Cl)s2)n1. The van der Waals surface area contributed by atoms with E-state index >= 15 is 0 Å². The second-order valence-corrected chi connectivity index (χ2v) is 7.00. The van der Waals surface area contributed by atoms with Gasteiger partial charge in [0.15, 0.2) is 5.13 Å². The van der Waals surface area contributed by atoms with Crippen LogP contribution in [0.15, 0.2) is 17.5 Å². The van der Waals surface area contributed by atoms with Crippen molar-refractivity contribution >= 4 is 39.4 Å². The molecule has 0 amide bonds. The highest BCUT2D eigenvalue weighted by molar-refractivity contribution is 7.16. The number of halogens is 1. The molecular formula is C13H18ClN3S2. The molecular weight excluding hydrogens is 298 g/mol. The Morgan fingerprint density at radius 1 is 1.42 bits per heavy atom. The maximum atomic E-state index is 5.94. The molecule has 0 bridgehead atoms. The Morgan fingerprint density at radius 2 is 2.26 bits per heavy atom. The maximum Gasteiger partial charge on any atom is 0.185 e. The molecule has 0 aliphatic heterocycles. The van der Waals surface area contributed by atoms with E-state index in [0.717, 1.165) is 41.2 Å². The lowest BCUT2D eigenvalue weighted by molar-refractivity contribution is 0.666. The zero-order valence-corrected chi connectivity index (χ0v) is 13.5. The summed E-state index contributed by atoms with van der Waals surface area (Å²) in [6.07, 6.45) is 1.15.